The molecule has 0 aromatic heterocycles. The van der Waals surface area contributed by atoms with Crippen LogP contribution in [-0.4, -0.2) is 66.4 Å². The van der Waals surface area contributed by atoms with E-state index in [2.05, 4.69) is 11.9 Å². The Morgan fingerprint density at radius 2 is 2.12 bits per heavy atom. The number of aliphatic hydroxyl groups excluding tert-OH is 1. The Balaban J connectivity index is 1.92. The Hall–Kier alpha value is -0.810. The molecule has 1 amide bonds. The van der Waals surface area contributed by atoms with E-state index >= 15 is 0 Å². The Bertz CT molecular complexity index is 262. The molecule has 2 fully saturated rings. The third-order valence-electron chi connectivity index (χ3n) is 3.53. The number of hydrogen-bond donors (Lipinski definition) is 1. The van der Waals surface area contributed by atoms with Gasteiger partial charge < -0.3 is 19.6 Å². The fourth-order valence-corrected chi connectivity index (χ4v) is 2.41. The van der Waals surface area contributed by atoms with Gasteiger partial charge in [-0.25, -0.2) is 4.79 Å². The third kappa shape index (κ3) is 2.30. The number of likely N-dealkylation sites (tertiary alicyclic amines) is 1. The van der Waals surface area contributed by atoms with E-state index in [9.17, 15) is 4.79 Å². The Morgan fingerprint density at radius 3 is 2.75 bits per heavy atom. The molecule has 0 radical (unpaired) electrons. The lowest BCUT2D eigenvalue weighted by Crippen LogP contribution is -2.45. The fraction of sp³-hybridized carbons (Fsp3) is 0.909. The Labute approximate surface area is 96.0 Å². The topological polar surface area (TPSA) is 53.0 Å². The van der Waals surface area contributed by atoms with Gasteiger partial charge in [-0.2, -0.15) is 0 Å². The zero-order valence-electron chi connectivity index (χ0n) is 9.81. The van der Waals surface area contributed by atoms with Crippen LogP contribution in [0.5, 0.6) is 0 Å². The summed E-state index contributed by atoms with van der Waals surface area (Å²) in [5.74, 6) is 0. The lowest BCUT2D eigenvalue weighted by molar-refractivity contribution is 0.00657. The summed E-state index contributed by atoms with van der Waals surface area (Å²) < 4.78 is 5.53. The summed E-state index contributed by atoms with van der Waals surface area (Å²) in [6.45, 7) is 3.40. The summed E-state index contributed by atoms with van der Waals surface area (Å²) in [6, 6.07) is 0. The fourth-order valence-electron chi connectivity index (χ4n) is 2.41. The van der Waals surface area contributed by atoms with Crippen LogP contribution in [0, 0.1) is 0 Å². The first kappa shape index (κ1) is 11.7. The second-order valence-corrected chi connectivity index (χ2v) is 4.85. The van der Waals surface area contributed by atoms with Crippen LogP contribution < -0.4 is 0 Å². The number of amides is 1. The molecule has 0 unspecified atom stereocenters. The maximum atomic E-state index is 11.6. The Kier molecular flexibility index (Phi) is 3.35. The number of ether oxygens (including phenoxy) is 1. The van der Waals surface area contributed by atoms with Gasteiger partial charge in [0.25, 0.3) is 0 Å². The Morgan fingerprint density at radius 1 is 1.44 bits per heavy atom. The van der Waals surface area contributed by atoms with Crippen LogP contribution >= 0.6 is 0 Å². The summed E-state index contributed by atoms with van der Waals surface area (Å²) in [4.78, 5) is 15.6. The molecular weight excluding hydrogens is 208 g/mol. The van der Waals surface area contributed by atoms with Gasteiger partial charge in [0.2, 0.25) is 0 Å². The normalized spacial score (nSPS) is 25.1. The van der Waals surface area contributed by atoms with Gasteiger partial charge in [-0.05, 0) is 13.5 Å². The van der Waals surface area contributed by atoms with Gasteiger partial charge in [-0.1, -0.05) is 0 Å². The molecule has 16 heavy (non-hydrogen) atoms. The van der Waals surface area contributed by atoms with Gasteiger partial charge in [0.1, 0.15) is 5.60 Å². The number of carbonyl (C=O) groups is 1. The molecule has 1 spiro atoms. The molecule has 0 atom stereocenters. The van der Waals surface area contributed by atoms with E-state index in [0.717, 1.165) is 25.9 Å². The van der Waals surface area contributed by atoms with E-state index in [0.29, 0.717) is 19.5 Å². The minimum Gasteiger partial charge on any atom is -0.441 e. The highest BCUT2D eigenvalue weighted by atomic mass is 16.6. The van der Waals surface area contributed by atoms with Gasteiger partial charge in [0, 0.05) is 39.1 Å². The number of aliphatic hydroxyl groups is 1. The van der Waals surface area contributed by atoms with Crippen LogP contribution in [0.2, 0.25) is 0 Å². The molecule has 2 saturated heterocycles. The van der Waals surface area contributed by atoms with Crippen LogP contribution in [0.4, 0.5) is 4.79 Å². The van der Waals surface area contributed by atoms with Crippen molar-refractivity contribution in [3.8, 4) is 0 Å². The SMILES string of the molecule is CN1CCC2(CC1)CN(CCCO)C(=O)O2. The van der Waals surface area contributed by atoms with Crippen molar-refractivity contribution in [2.24, 2.45) is 0 Å². The lowest BCUT2D eigenvalue weighted by atomic mass is 9.91. The molecule has 2 aliphatic rings. The summed E-state index contributed by atoms with van der Waals surface area (Å²) in [5.41, 5.74) is -0.251. The van der Waals surface area contributed by atoms with Crippen molar-refractivity contribution in [3.63, 3.8) is 0 Å². The maximum Gasteiger partial charge on any atom is 0.410 e. The van der Waals surface area contributed by atoms with Crippen molar-refractivity contribution in [1.82, 2.24) is 9.80 Å². The van der Waals surface area contributed by atoms with Crippen LogP contribution in [0.1, 0.15) is 19.3 Å². The average molecular weight is 228 g/mol. The number of nitrogens with zero attached hydrogens (tertiary/aromatic N) is 2. The molecule has 0 bridgehead atoms. The van der Waals surface area contributed by atoms with Crippen LogP contribution in [0.15, 0.2) is 0 Å². The van der Waals surface area contributed by atoms with Crippen molar-refractivity contribution >= 4 is 6.09 Å². The summed E-state index contributed by atoms with van der Waals surface area (Å²) in [5, 5.41) is 8.76. The first-order valence-corrected chi connectivity index (χ1v) is 5.92. The van der Waals surface area contributed by atoms with Gasteiger partial charge in [0.15, 0.2) is 0 Å². The van der Waals surface area contributed by atoms with E-state index in [4.69, 9.17) is 9.84 Å². The van der Waals surface area contributed by atoms with Gasteiger partial charge in [0.05, 0.1) is 6.54 Å². The number of piperidine rings is 1. The zero-order chi connectivity index (χ0) is 11.6. The predicted molar refractivity (Wildman–Crippen MR) is 59.2 cm³/mol. The average Bonchev–Trinajstić information content (AvgIpc) is 2.58. The standard InChI is InChI=1S/C11H20N2O3/c1-12-6-3-11(4-7-12)9-13(5-2-8-14)10(15)16-11/h14H,2-9H2,1H3. The quantitative estimate of drug-likeness (QED) is 0.754. The largest absolute Gasteiger partial charge is 0.441 e. The van der Waals surface area contributed by atoms with Crippen molar-refractivity contribution in [2.45, 2.75) is 24.9 Å². The van der Waals surface area contributed by atoms with E-state index in [1.807, 2.05) is 0 Å². The smallest absolute Gasteiger partial charge is 0.410 e. The molecule has 2 heterocycles. The molecular formula is C11H20N2O3. The monoisotopic (exact) mass is 228 g/mol. The molecule has 0 aromatic rings. The molecule has 2 aliphatic heterocycles. The predicted octanol–water partition coefficient (Wildman–Crippen LogP) is 0.285. The summed E-state index contributed by atoms with van der Waals surface area (Å²) >= 11 is 0. The molecule has 2 rings (SSSR count). The second-order valence-electron chi connectivity index (χ2n) is 4.85. The van der Waals surface area contributed by atoms with Gasteiger partial charge >= 0.3 is 6.09 Å². The molecule has 5 heteroatoms. The first-order valence-electron chi connectivity index (χ1n) is 5.92. The minimum absolute atomic E-state index is 0.125. The van der Waals surface area contributed by atoms with Crippen LogP contribution in [0.3, 0.4) is 0 Å². The van der Waals surface area contributed by atoms with Crippen molar-refractivity contribution in [3.05, 3.63) is 0 Å². The van der Waals surface area contributed by atoms with Crippen LogP contribution in [0.25, 0.3) is 0 Å². The van der Waals surface area contributed by atoms with Gasteiger partial charge in [-0.15, -0.1) is 0 Å². The minimum atomic E-state index is -0.251. The number of carbonyl (C=O) groups excluding carboxylic acids is 1. The highest BCUT2D eigenvalue weighted by Crippen LogP contribution is 2.32. The number of rotatable bonds is 3. The van der Waals surface area contributed by atoms with Crippen LogP contribution in [-0.2, 0) is 4.74 Å². The highest BCUT2D eigenvalue weighted by molar-refractivity contribution is 5.70. The first-order chi connectivity index (χ1) is 7.65. The second kappa shape index (κ2) is 4.59. The molecule has 92 valence electrons. The van der Waals surface area contributed by atoms with Crippen molar-refractivity contribution < 1.29 is 14.6 Å². The molecule has 0 aromatic carbocycles. The van der Waals surface area contributed by atoms with Gasteiger partial charge in [-0.3, -0.25) is 0 Å². The van der Waals surface area contributed by atoms with E-state index < -0.39 is 0 Å². The maximum absolute atomic E-state index is 11.6. The van der Waals surface area contributed by atoms with E-state index in [-0.39, 0.29) is 18.3 Å². The van der Waals surface area contributed by atoms with Crippen molar-refractivity contribution in [2.75, 3.05) is 39.8 Å². The third-order valence-corrected chi connectivity index (χ3v) is 3.53. The molecule has 1 N–H and O–H groups in total. The molecule has 0 saturated carbocycles. The summed E-state index contributed by atoms with van der Waals surface area (Å²) in [7, 11) is 2.09. The number of hydrogen-bond acceptors (Lipinski definition) is 4. The summed E-state index contributed by atoms with van der Waals surface area (Å²) in [6.07, 6.45) is 2.26. The van der Waals surface area contributed by atoms with E-state index in [1.165, 1.54) is 0 Å². The molecule has 5 nitrogen and oxygen atoms in total. The van der Waals surface area contributed by atoms with Crippen molar-refractivity contribution in [1.29, 1.82) is 0 Å². The zero-order valence-corrected chi connectivity index (χ0v) is 9.81. The molecule has 0 aliphatic carbocycles. The van der Waals surface area contributed by atoms with E-state index in [1.54, 1.807) is 4.90 Å². The lowest BCUT2D eigenvalue weighted by Gasteiger charge is -2.35. The highest BCUT2D eigenvalue weighted by Gasteiger charge is 2.46.